The maximum atomic E-state index is 12.2. The van der Waals surface area contributed by atoms with Crippen LogP contribution in [0.3, 0.4) is 0 Å². The minimum Gasteiger partial charge on any atom is -0.348 e. The molecule has 1 aromatic rings. The first kappa shape index (κ1) is 14.3. The van der Waals surface area contributed by atoms with E-state index in [0.717, 1.165) is 23.0 Å². The van der Waals surface area contributed by atoms with Gasteiger partial charge in [-0.2, -0.15) is 0 Å². The molecule has 0 saturated carbocycles. The van der Waals surface area contributed by atoms with E-state index in [1.54, 1.807) is 0 Å². The van der Waals surface area contributed by atoms with Gasteiger partial charge in [0.1, 0.15) is 5.69 Å². The van der Waals surface area contributed by atoms with E-state index in [9.17, 15) is 4.79 Å². The van der Waals surface area contributed by atoms with Gasteiger partial charge >= 0.3 is 0 Å². The molecule has 1 N–H and O–H groups in total. The van der Waals surface area contributed by atoms with Crippen molar-refractivity contribution >= 4 is 21.8 Å². The zero-order chi connectivity index (χ0) is 13.0. The van der Waals surface area contributed by atoms with Gasteiger partial charge in [-0.05, 0) is 48.7 Å². The predicted molar refractivity (Wildman–Crippen MR) is 74.4 cm³/mol. The highest BCUT2D eigenvalue weighted by Crippen LogP contribution is 2.19. The van der Waals surface area contributed by atoms with E-state index in [0.29, 0.717) is 0 Å². The highest BCUT2D eigenvalue weighted by molar-refractivity contribution is 9.10. The van der Waals surface area contributed by atoms with Crippen molar-refractivity contribution in [1.29, 1.82) is 0 Å². The van der Waals surface area contributed by atoms with Crippen molar-refractivity contribution in [1.82, 2.24) is 9.88 Å². The van der Waals surface area contributed by atoms with Crippen molar-refractivity contribution in [2.75, 3.05) is 0 Å². The topological polar surface area (TPSA) is 34.0 Å². The van der Waals surface area contributed by atoms with Gasteiger partial charge in [-0.3, -0.25) is 4.79 Å². The molecule has 3 nitrogen and oxygen atoms in total. The van der Waals surface area contributed by atoms with E-state index in [2.05, 4.69) is 48.9 Å². The van der Waals surface area contributed by atoms with E-state index < -0.39 is 0 Å². The minimum absolute atomic E-state index is 0.0121. The maximum Gasteiger partial charge on any atom is 0.268 e. The molecule has 0 fully saturated rings. The van der Waals surface area contributed by atoms with Gasteiger partial charge in [0.25, 0.3) is 5.91 Å². The molecule has 0 aliphatic rings. The van der Waals surface area contributed by atoms with Crippen molar-refractivity contribution in [3.05, 3.63) is 22.4 Å². The van der Waals surface area contributed by atoms with Crippen LogP contribution in [0.5, 0.6) is 0 Å². The van der Waals surface area contributed by atoms with Crippen molar-refractivity contribution in [3.63, 3.8) is 0 Å². The largest absolute Gasteiger partial charge is 0.348 e. The van der Waals surface area contributed by atoms with Gasteiger partial charge in [-0.1, -0.05) is 13.8 Å². The van der Waals surface area contributed by atoms with Gasteiger partial charge in [0, 0.05) is 22.8 Å². The van der Waals surface area contributed by atoms with Crippen molar-refractivity contribution < 1.29 is 4.79 Å². The Bertz CT molecular complexity index is 381. The fraction of sp³-hybridized carbons (Fsp3) is 0.615. The van der Waals surface area contributed by atoms with Crippen LogP contribution < -0.4 is 5.32 Å². The molecule has 0 aromatic carbocycles. The number of nitrogens with zero attached hydrogens (tertiary/aromatic N) is 1. The molecule has 0 bridgehead atoms. The Hall–Kier alpha value is -0.770. The standard InChI is InChI=1S/C13H21BrN2O/c1-5-11(6-2)15-13(17)12-7-10(14)8-16(12)9(3)4/h7-9,11H,5-6H2,1-4H3,(H,15,17). The fourth-order valence-electron chi connectivity index (χ4n) is 1.81. The first-order valence-electron chi connectivity index (χ1n) is 6.17. The molecule has 0 spiro atoms. The number of hydrogen-bond donors (Lipinski definition) is 1. The Labute approximate surface area is 112 Å². The first-order valence-corrected chi connectivity index (χ1v) is 6.97. The lowest BCUT2D eigenvalue weighted by molar-refractivity contribution is 0.0924. The average molecular weight is 301 g/mol. The molecule has 1 amide bonds. The predicted octanol–water partition coefficient (Wildman–Crippen LogP) is 3.75. The van der Waals surface area contributed by atoms with Crippen LogP contribution in [0.25, 0.3) is 0 Å². The first-order chi connectivity index (χ1) is 7.99. The Kier molecular flexibility index (Phi) is 5.25. The quantitative estimate of drug-likeness (QED) is 0.883. The second-order valence-electron chi connectivity index (χ2n) is 4.53. The van der Waals surface area contributed by atoms with E-state index >= 15 is 0 Å². The number of carbonyl (C=O) groups is 1. The number of aromatic nitrogens is 1. The van der Waals surface area contributed by atoms with Crippen LogP contribution >= 0.6 is 15.9 Å². The van der Waals surface area contributed by atoms with E-state index in [-0.39, 0.29) is 18.0 Å². The SMILES string of the molecule is CCC(CC)NC(=O)c1cc(Br)cn1C(C)C. The molecule has 96 valence electrons. The maximum absolute atomic E-state index is 12.2. The third-order valence-electron chi connectivity index (χ3n) is 2.92. The number of amides is 1. The molecular formula is C13H21BrN2O. The van der Waals surface area contributed by atoms with Crippen LogP contribution in [0.4, 0.5) is 0 Å². The molecule has 1 heterocycles. The van der Waals surface area contributed by atoms with Crippen LogP contribution in [-0.2, 0) is 0 Å². The van der Waals surface area contributed by atoms with Crippen LogP contribution in [-0.4, -0.2) is 16.5 Å². The van der Waals surface area contributed by atoms with Crippen LogP contribution in [0.2, 0.25) is 0 Å². The van der Waals surface area contributed by atoms with Crippen molar-refractivity contribution in [3.8, 4) is 0 Å². The van der Waals surface area contributed by atoms with Crippen LogP contribution in [0.15, 0.2) is 16.7 Å². The van der Waals surface area contributed by atoms with Gasteiger partial charge in [-0.15, -0.1) is 0 Å². The van der Waals surface area contributed by atoms with E-state index in [1.165, 1.54) is 0 Å². The lowest BCUT2D eigenvalue weighted by Gasteiger charge is -2.17. The summed E-state index contributed by atoms with van der Waals surface area (Å²) in [6.45, 7) is 8.32. The Morgan fingerprint density at radius 2 is 2.00 bits per heavy atom. The molecule has 0 aliphatic carbocycles. The Balaban J connectivity index is 2.88. The van der Waals surface area contributed by atoms with E-state index in [4.69, 9.17) is 0 Å². The van der Waals surface area contributed by atoms with Gasteiger partial charge in [0.15, 0.2) is 0 Å². The average Bonchev–Trinajstić information content (AvgIpc) is 2.68. The summed E-state index contributed by atoms with van der Waals surface area (Å²) in [6, 6.07) is 2.41. The highest BCUT2D eigenvalue weighted by Gasteiger charge is 2.16. The lowest BCUT2D eigenvalue weighted by atomic mass is 10.1. The molecule has 0 aliphatic heterocycles. The number of hydrogen-bond acceptors (Lipinski definition) is 1. The second kappa shape index (κ2) is 6.24. The Morgan fingerprint density at radius 1 is 1.41 bits per heavy atom. The fourth-order valence-corrected chi connectivity index (χ4v) is 2.24. The molecule has 17 heavy (non-hydrogen) atoms. The lowest BCUT2D eigenvalue weighted by Crippen LogP contribution is -2.35. The molecule has 1 aromatic heterocycles. The third-order valence-corrected chi connectivity index (χ3v) is 3.36. The van der Waals surface area contributed by atoms with Gasteiger partial charge < -0.3 is 9.88 Å². The van der Waals surface area contributed by atoms with Crippen LogP contribution in [0, 0.1) is 0 Å². The highest BCUT2D eigenvalue weighted by atomic mass is 79.9. The van der Waals surface area contributed by atoms with Crippen molar-refractivity contribution in [2.24, 2.45) is 0 Å². The third kappa shape index (κ3) is 3.60. The summed E-state index contributed by atoms with van der Waals surface area (Å²) in [4.78, 5) is 12.2. The number of nitrogens with one attached hydrogen (secondary N) is 1. The van der Waals surface area contributed by atoms with Gasteiger partial charge in [0.2, 0.25) is 0 Å². The summed E-state index contributed by atoms with van der Waals surface area (Å²) < 4.78 is 2.93. The molecule has 0 unspecified atom stereocenters. The summed E-state index contributed by atoms with van der Waals surface area (Å²) in [7, 11) is 0. The summed E-state index contributed by atoms with van der Waals surface area (Å²) in [5.74, 6) is 0.0121. The zero-order valence-electron chi connectivity index (χ0n) is 11.0. The minimum atomic E-state index is 0.0121. The number of halogens is 1. The van der Waals surface area contributed by atoms with Crippen LogP contribution in [0.1, 0.15) is 57.1 Å². The molecular weight excluding hydrogens is 280 g/mol. The summed E-state index contributed by atoms with van der Waals surface area (Å²) in [5.41, 5.74) is 0.721. The summed E-state index contributed by atoms with van der Waals surface area (Å²) in [6.07, 6.45) is 3.88. The van der Waals surface area contributed by atoms with Crippen molar-refractivity contribution in [2.45, 2.75) is 52.6 Å². The molecule has 4 heteroatoms. The molecule has 0 radical (unpaired) electrons. The normalized spacial score (nSPS) is 11.2. The zero-order valence-corrected chi connectivity index (χ0v) is 12.5. The molecule has 0 saturated heterocycles. The monoisotopic (exact) mass is 300 g/mol. The van der Waals surface area contributed by atoms with E-state index in [1.807, 2.05) is 16.8 Å². The summed E-state index contributed by atoms with van der Waals surface area (Å²) >= 11 is 3.42. The molecule has 1 rings (SSSR count). The number of rotatable bonds is 5. The second-order valence-corrected chi connectivity index (χ2v) is 5.45. The van der Waals surface area contributed by atoms with Gasteiger partial charge in [-0.25, -0.2) is 0 Å². The van der Waals surface area contributed by atoms with Gasteiger partial charge in [0.05, 0.1) is 0 Å². The molecule has 0 atom stereocenters. The smallest absolute Gasteiger partial charge is 0.268 e. The number of carbonyl (C=O) groups excluding carboxylic acids is 1. The Morgan fingerprint density at radius 3 is 2.47 bits per heavy atom. The summed E-state index contributed by atoms with van der Waals surface area (Å²) in [5, 5.41) is 3.06.